The maximum atomic E-state index is 12.1. The lowest BCUT2D eigenvalue weighted by atomic mass is 10.1. The number of fused-ring (bicyclic) bond motifs is 1. The van der Waals surface area contributed by atoms with Crippen molar-refractivity contribution in [2.75, 3.05) is 5.32 Å². The maximum Gasteiger partial charge on any atom is 0.278 e. The van der Waals surface area contributed by atoms with E-state index in [9.17, 15) is 9.90 Å². The van der Waals surface area contributed by atoms with Gasteiger partial charge in [-0.05, 0) is 47.2 Å². The quantitative estimate of drug-likeness (QED) is 0.741. The first-order valence-electron chi connectivity index (χ1n) is 6.28. The minimum atomic E-state index is -0.440. The Morgan fingerprint density at radius 2 is 1.86 bits per heavy atom. The number of carbonyl (C=O) groups excluding carboxylic acids is 1. The van der Waals surface area contributed by atoms with Crippen molar-refractivity contribution in [3.63, 3.8) is 0 Å². The largest absolute Gasteiger partial charge is 0.505 e. The molecule has 0 unspecified atom stereocenters. The zero-order valence-electron chi connectivity index (χ0n) is 10.9. The molecule has 0 saturated heterocycles. The first kappa shape index (κ1) is 13.6. The average molecular weight is 343 g/mol. The molecule has 0 aliphatic heterocycles. The minimum Gasteiger partial charge on any atom is -0.505 e. The topological polar surface area (TPSA) is 62.2 Å². The highest BCUT2D eigenvalue weighted by Gasteiger charge is 2.12. The molecule has 0 spiro atoms. The summed E-state index contributed by atoms with van der Waals surface area (Å²) in [7, 11) is 0. The molecule has 5 heteroatoms. The molecular formula is C16H11BrN2O2. The van der Waals surface area contributed by atoms with E-state index in [1.165, 1.54) is 12.3 Å². The number of amides is 1. The van der Waals surface area contributed by atoms with Gasteiger partial charge in [0.15, 0.2) is 5.69 Å². The predicted molar refractivity (Wildman–Crippen MR) is 85.5 cm³/mol. The number of hydrogen-bond donors (Lipinski definition) is 2. The summed E-state index contributed by atoms with van der Waals surface area (Å²) in [5.74, 6) is -0.579. The minimum absolute atomic E-state index is 0.00778. The van der Waals surface area contributed by atoms with Crippen molar-refractivity contribution >= 4 is 38.3 Å². The van der Waals surface area contributed by atoms with Crippen LogP contribution in [0.4, 0.5) is 5.69 Å². The second-order valence-corrected chi connectivity index (χ2v) is 5.45. The first-order chi connectivity index (χ1) is 10.1. The standard InChI is InChI=1S/C16H11BrN2O2/c17-12-5-3-11-9-13(6-4-10(11)8-12)19-16(21)15-14(20)2-1-7-18-15/h1-9,20H,(H,19,21). The highest BCUT2D eigenvalue weighted by atomic mass is 79.9. The van der Waals surface area contributed by atoms with Gasteiger partial charge in [-0.1, -0.05) is 28.1 Å². The summed E-state index contributed by atoms with van der Waals surface area (Å²) in [6.07, 6.45) is 1.46. The molecule has 2 aromatic carbocycles. The number of pyridine rings is 1. The van der Waals surface area contributed by atoms with Gasteiger partial charge < -0.3 is 10.4 Å². The van der Waals surface area contributed by atoms with Crippen molar-refractivity contribution in [2.24, 2.45) is 0 Å². The zero-order chi connectivity index (χ0) is 14.8. The summed E-state index contributed by atoms with van der Waals surface area (Å²) in [5.41, 5.74) is 0.660. The molecule has 0 atom stereocenters. The molecule has 0 aliphatic rings. The van der Waals surface area contributed by atoms with Gasteiger partial charge in [-0.25, -0.2) is 4.98 Å². The summed E-state index contributed by atoms with van der Waals surface area (Å²) in [6.45, 7) is 0. The lowest BCUT2D eigenvalue weighted by Gasteiger charge is -2.07. The number of aromatic nitrogens is 1. The summed E-state index contributed by atoms with van der Waals surface area (Å²) in [5, 5.41) is 14.5. The van der Waals surface area contributed by atoms with Crippen LogP contribution in [0, 0.1) is 0 Å². The van der Waals surface area contributed by atoms with E-state index in [2.05, 4.69) is 26.2 Å². The van der Waals surface area contributed by atoms with E-state index in [-0.39, 0.29) is 11.4 Å². The Morgan fingerprint density at radius 1 is 1.10 bits per heavy atom. The Hall–Kier alpha value is -2.40. The molecule has 2 N–H and O–H groups in total. The highest BCUT2D eigenvalue weighted by molar-refractivity contribution is 9.10. The normalized spacial score (nSPS) is 10.5. The number of anilines is 1. The van der Waals surface area contributed by atoms with Gasteiger partial charge in [-0.15, -0.1) is 0 Å². The average Bonchev–Trinajstić information content (AvgIpc) is 2.48. The smallest absolute Gasteiger partial charge is 0.278 e. The van der Waals surface area contributed by atoms with E-state index >= 15 is 0 Å². The SMILES string of the molecule is O=C(Nc1ccc2cc(Br)ccc2c1)c1ncccc1O. The number of nitrogens with zero attached hydrogens (tertiary/aromatic N) is 1. The predicted octanol–water partition coefficient (Wildman–Crippen LogP) is 3.96. The van der Waals surface area contributed by atoms with Crippen LogP contribution in [0.5, 0.6) is 5.75 Å². The molecule has 3 rings (SSSR count). The lowest BCUT2D eigenvalue weighted by Crippen LogP contribution is -2.13. The van der Waals surface area contributed by atoms with Crippen LogP contribution in [0.25, 0.3) is 10.8 Å². The molecule has 21 heavy (non-hydrogen) atoms. The van der Waals surface area contributed by atoms with Gasteiger partial charge >= 0.3 is 0 Å². The van der Waals surface area contributed by atoms with Crippen LogP contribution in [0.3, 0.4) is 0 Å². The van der Waals surface area contributed by atoms with E-state index < -0.39 is 5.91 Å². The Kier molecular flexibility index (Phi) is 3.58. The van der Waals surface area contributed by atoms with Crippen molar-refractivity contribution in [3.05, 3.63) is 64.9 Å². The van der Waals surface area contributed by atoms with Gasteiger partial charge in [0.25, 0.3) is 5.91 Å². The molecule has 4 nitrogen and oxygen atoms in total. The van der Waals surface area contributed by atoms with Crippen molar-refractivity contribution in [3.8, 4) is 5.75 Å². The van der Waals surface area contributed by atoms with Gasteiger partial charge in [0, 0.05) is 16.4 Å². The number of aromatic hydroxyl groups is 1. The van der Waals surface area contributed by atoms with Gasteiger partial charge in [0.2, 0.25) is 0 Å². The van der Waals surface area contributed by atoms with Gasteiger partial charge in [-0.3, -0.25) is 4.79 Å². The number of hydrogen-bond acceptors (Lipinski definition) is 3. The van der Waals surface area contributed by atoms with Gasteiger partial charge in [-0.2, -0.15) is 0 Å². The first-order valence-corrected chi connectivity index (χ1v) is 7.07. The monoisotopic (exact) mass is 342 g/mol. The van der Waals surface area contributed by atoms with Crippen molar-refractivity contribution in [1.29, 1.82) is 0 Å². The van der Waals surface area contributed by atoms with Crippen LogP contribution in [0.2, 0.25) is 0 Å². The van der Waals surface area contributed by atoms with Crippen LogP contribution in [0.1, 0.15) is 10.5 Å². The number of rotatable bonds is 2. The molecule has 1 amide bonds. The molecule has 1 heterocycles. The fourth-order valence-electron chi connectivity index (χ4n) is 2.06. The molecule has 0 fully saturated rings. The zero-order valence-corrected chi connectivity index (χ0v) is 12.5. The molecule has 3 aromatic rings. The number of halogens is 1. The molecule has 1 aromatic heterocycles. The Labute approximate surface area is 129 Å². The van der Waals surface area contributed by atoms with Crippen LogP contribution in [-0.4, -0.2) is 16.0 Å². The summed E-state index contributed by atoms with van der Waals surface area (Å²) >= 11 is 3.42. The highest BCUT2D eigenvalue weighted by Crippen LogP contribution is 2.23. The summed E-state index contributed by atoms with van der Waals surface area (Å²) < 4.78 is 1.00. The second-order valence-electron chi connectivity index (χ2n) is 4.53. The van der Waals surface area contributed by atoms with Gasteiger partial charge in [0.1, 0.15) is 5.75 Å². The molecule has 104 valence electrons. The van der Waals surface area contributed by atoms with Gasteiger partial charge in [0.05, 0.1) is 0 Å². The van der Waals surface area contributed by atoms with Crippen molar-refractivity contribution < 1.29 is 9.90 Å². The van der Waals surface area contributed by atoms with E-state index in [0.717, 1.165) is 15.2 Å². The van der Waals surface area contributed by atoms with Crippen molar-refractivity contribution in [1.82, 2.24) is 4.98 Å². The molecular weight excluding hydrogens is 332 g/mol. The third-order valence-electron chi connectivity index (χ3n) is 3.06. The van der Waals surface area contributed by atoms with Crippen LogP contribution >= 0.6 is 15.9 Å². The Balaban J connectivity index is 1.90. The summed E-state index contributed by atoms with van der Waals surface area (Å²) in [6, 6.07) is 14.5. The van der Waals surface area contributed by atoms with E-state index in [4.69, 9.17) is 0 Å². The third-order valence-corrected chi connectivity index (χ3v) is 3.55. The molecule has 0 aliphatic carbocycles. The fraction of sp³-hybridized carbons (Fsp3) is 0. The fourth-order valence-corrected chi connectivity index (χ4v) is 2.44. The van der Waals surface area contributed by atoms with Crippen LogP contribution in [0.15, 0.2) is 59.2 Å². The molecule has 0 radical (unpaired) electrons. The number of nitrogens with one attached hydrogen (secondary N) is 1. The van der Waals surface area contributed by atoms with E-state index in [1.54, 1.807) is 6.07 Å². The van der Waals surface area contributed by atoms with Crippen LogP contribution in [-0.2, 0) is 0 Å². The maximum absolute atomic E-state index is 12.1. The van der Waals surface area contributed by atoms with Crippen molar-refractivity contribution in [2.45, 2.75) is 0 Å². The Morgan fingerprint density at radius 3 is 2.67 bits per heavy atom. The third kappa shape index (κ3) is 2.87. The van der Waals surface area contributed by atoms with E-state index in [1.807, 2.05) is 36.4 Å². The number of carbonyl (C=O) groups is 1. The van der Waals surface area contributed by atoms with Crippen LogP contribution < -0.4 is 5.32 Å². The molecule has 0 saturated carbocycles. The molecule has 0 bridgehead atoms. The second kappa shape index (κ2) is 5.54. The van der Waals surface area contributed by atoms with E-state index in [0.29, 0.717) is 5.69 Å². The Bertz CT molecular complexity index is 833. The number of benzene rings is 2. The summed E-state index contributed by atoms with van der Waals surface area (Å²) in [4.78, 5) is 16.0. The lowest BCUT2D eigenvalue weighted by molar-refractivity contribution is 0.101.